The lowest BCUT2D eigenvalue weighted by Gasteiger charge is -2.24. The predicted molar refractivity (Wildman–Crippen MR) is 125 cm³/mol. The van der Waals surface area contributed by atoms with E-state index in [0.717, 1.165) is 16.7 Å². The number of benzene rings is 2. The number of fused-ring (bicyclic) bond motifs is 3. The number of hydrogen-bond acceptors (Lipinski definition) is 9. The summed E-state index contributed by atoms with van der Waals surface area (Å²) in [5.74, 6) is 0.424. The summed E-state index contributed by atoms with van der Waals surface area (Å²) in [4.78, 5) is 30.6. The summed E-state index contributed by atoms with van der Waals surface area (Å²) in [6, 6.07) is 12.7. The van der Waals surface area contributed by atoms with E-state index in [1.165, 1.54) is 4.90 Å². The van der Waals surface area contributed by atoms with Gasteiger partial charge in [-0.1, -0.05) is 23.4 Å². The maximum atomic E-state index is 12.6. The summed E-state index contributed by atoms with van der Waals surface area (Å²) in [5, 5.41) is 22.6. The lowest BCUT2D eigenvalue weighted by molar-refractivity contribution is -0.156. The van der Waals surface area contributed by atoms with Crippen LogP contribution < -0.4 is 4.74 Å². The van der Waals surface area contributed by atoms with Crippen molar-refractivity contribution in [1.82, 2.24) is 15.0 Å². The second kappa shape index (κ2) is 9.43. The van der Waals surface area contributed by atoms with Gasteiger partial charge in [-0.25, -0.2) is 0 Å². The fraction of sp³-hybridized carbons (Fsp3) is 0.346. The molecule has 10 nitrogen and oxygen atoms in total. The Labute approximate surface area is 207 Å². The number of likely N-dealkylation sites (tertiary alicyclic amines) is 1. The molecule has 2 aliphatic rings. The van der Waals surface area contributed by atoms with Crippen LogP contribution in [0, 0.1) is 17.2 Å². The molecule has 1 N–H and O–H groups in total. The molecule has 1 saturated heterocycles. The van der Waals surface area contributed by atoms with Crippen molar-refractivity contribution >= 4 is 11.9 Å². The molecule has 0 spiro atoms. The lowest BCUT2D eigenvalue weighted by atomic mass is 10.0. The minimum Gasteiger partial charge on any atom is -0.490 e. The number of ether oxygens (including phenoxy) is 2. The molecular formula is C26H24N4O6. The van der Waals surface area contributed by atoms with Gasteiger partial charge in [0.15, 0.2) is 6.79 Å². The van der Waals surface area contributed by atoms with Gasteiger partial charge in [0.25, 0.3) is 5.89 Å². The van der Waals surface area contributed by atoms with Gasteiger partial charge in [-0.2, -0.15) is 10.2 Å². The highest BCUT2D eigenvalue weighted by atomic mass is 16.6. The highest BCUT2D eigenvalue weighted by Crippen LogP contribution is 2.49. The van der Waals surface area contributed by atoms with Crippen LogP contribution in [0.4, 0.5) is 0 Å². The number of amides is 1. The quantitative estimate of drug-likeness (QED) is 0.393. The van der Waals surface area contributed by atoms with Crippen LogP contribution in [0.5, 0.6) is 5.75 Å². The van der Waals surface area contributed by atoms with E-state index in [1.807, 2.05) is 32.0 Å². The third-order valence-corrected chi connectivity index (χ3v) is 6.44. The zero-order chi connectivity index (χ0) is 25.4. The predicted octanol–water partition coefficient (Wildman–Crippen LogP) is 3.00. The number of esters is 1. The van der Waals surface area contributed by atoms with Crippen molar-refractivity contribution in [1.29, 1.82) is 5.26 Å². The first-order chi connectivity index (χ1) is 17.4. The number of aliphatic hydroxyl groups is 1. The Morgan fingerprint density at radius 2 is 2.14 bits per heavy atom. The van der Waals surface area contributed by atoms with Gasteiger partial charge in [0.1, 0.15) is 18.4 Å². The first-order valence-corrected chi connectivity index (χ1v) is 11.6. The van der Waals surface area contributed by atoms with Gasteiger partial charge < -0.3 is 24.0 Å². The van der Waals surface area contributed by atoms with Crippen molar-refractivity contribution in [2.75, 3.05) is 13.3 Å². The molecule has 0 saturated carbocycles. The SMILES string of the molecule is CC(C)Oc1ccc(-c2nc(-c3cccc4c3CC3CC(=O)N(CC(=O)OCO)C43)no2)cc1C#N. The number of carbonyl (C=O) groups is 2. The molecule has 5 rings (SSSR count). The summed E-state index contributed by atoms with van der Waals surface area (Å²) < 4.78 is 15.9. The molecular weight excluding hydrogens is 464 g/mol. The Balaban J connectivity index is 1.44. The molecule has 1 aliphatic carbocycles. The minimum absolute atomic E-state index is 0.0219. The van der Waals surface area contributed by atoms with Crippen molar-refractivity contribution in [2.24, 2.45) is 5.92 Å². The summed E-state index contributed by atoms with van der Waals surface area (Å²) in [6.45, 7) is 2.84. The molecule has 1 fully saturated rings. The van der Waals surface area contributed by atoms with E-state index in [9.17, 15) is 14.9 Å². The third-order valence-electron chi connectivity index (χ3n) is 6.44. The van der Waals surface area contributed by atoms with Gasteiger partial charge in [-0.05, 0) is 55.5 Å². The lowest BCUT2D eigenvalue weighted by Crippen LogP contribution is -2.34. The minimum atomic E-state index is -0.723. The normalized spacial score (nSPS) is 18.2. The molecule has 0 bridgehead atoms. The zero-order valence-electron chi connectivity index (χ0n) is 19.8. The van der Waals surface area contributed by atoms with E-state index in [0.29, 0.717) is 35.5 Å². The first kappa shape index (κ1) is 23.5. The molecule has 2 atom stereocenters. The Morgan fingerprint density at radius 3 is 2.89 bits per heavy atom. The largest absolute Gasteiger partial charge is 0.490 e. The maximum Gasteiger partial charge on any atom is 0.327 e. The van der Waals surface area contributed by atoms with Crippen LogP contribution in [0.15, 0.2) is 40.9 Å². The van der Waals surface area contributed by atoms with Crippen molar-refractivity contribution in [3.8, 4) is 34.7 Å². The number of rotatable bonds is 7. The van der Waals surface area contributed by atoms with Crippen LogP contribution in [0.3, 0.4) is 0 Å². The van der Waals surface area contributed by atoms with Crippen molar-refractivity contribution in [3.05, 3.63) is 53.1 Å². The van der Waals surface area contributed by atoms with E-state index in [4.69, 9.17) is 14.4 Å². The zero-order valence-corrected chi connectivity index (χ0v) is 19.8. The van der Waals surface area contributed by atoms with Gasteiger partial charge in [0.05, 0.1) is 17.7 Å². The van der Waals surface area contributed by atoms with Crippen LogP contribution in [0.1, 0.15) is 43.0 Å². The molecule has 2 unspecified atom stereocenters. The second-order valence-electron chi connectivity index (χ2n) is 9.07. The maximum absolute atomic E-state index is 12.6. The molecule has 2 aromatic carbocycles. The van der Waals surface area contributed by atoms with Crippen LogP contribution in [-0.4, -0.2) is 51.5 Å². The Bertz CT molecular complexity index is 1370. The van der Waals surface area contributed by atoms with E-state index < -0.39 is 12.8 Å². The molecule has 184 valence electrons. The molecule has 1 aromatic heterocycles. The fourth-order valence-corrected chi connectivity index (χ4v) is 5.05. The van der Waals surface area contributed by atoms with Crippen molar-refractivity contribution in [3.63, 3.8) is 0 Å². The topological polar surface area (TPSA) is 139 Å². The molecule has 1 amide bonds. The monoisotopic (exact) mass is 488 g/mol. The number of aliphatic hydroxyl groups excluding tert-OH is 1. The molecule has 36 heavy (non-hydrogen) atoms. The third kappa shape index (κ3) is 4.18. The van der Waals surface area contributed by atoms with Crippen molar-refractivity contribution < 1.29 is 28.7 Å². The number of nitrogens with zero attached hydrogens (tertiary/aromatic N) is 4. The first-order valence-electron chi connectivity index (χ1n) is 11.6. The Morgan fingerprint density at radius 1 is 1.31 bits per heavy atom. The Kier molecular flexibility index (Phi) is 6.16. The molecule has 0 radical (unpaired) electrons. The highest BCUT2D eigenvalue weighted by molar-refractivity contribution is 5.85. The van der Waals surface area contributed by atoms with Gasteiger partial charge in [0, 0.05) is 17.5 Å². The molecule has 3 aromatic rings. The standard InChI is InChI=1S/C26H24N4O6/c1-14(2)35-21-7-6-15(8-17(21)11-27)26-28-25(29-36-26)19-5-3-4-18-20(19)9-16-10-22(32)30(24(16)18)12-23(33)34-13-31/h3-8,14,16,24,31H,9-10,12-13H2,1-2H3. The van der Waals surface area contributed by atoms with Gasteiger partial charge in [0.2, 0.25) is 11.7 Å². The van der Waals surface area contributed by atoms with Gasteiger partial charge in [-0.3, -0.25) is 9.59 Å². The average molecular weight is 489 g/mol. The average Bonchev–Trinajstić information content (AvgIpc) is 3.54. The molecule has 1 aliphatic heterocycles. The summed E-state index contributed by atoms with van der Waals surface area (Å²) in [5.41, 5.74) is 3.71. The summed E-state index contributed by atoms with van der Waals surface area (Å²) in [6.07, 6.45) is 0.894. The van der Waals surface area contributed by atoms with E-state index in [1.54, 1.807) is 18.2 Å². The van der Waals surface area contributed by atoms with Gasteiger partial charge in [-0.15, -0.1) is 0 Å². The van der Waals surface area contributed by atoms with Crippen molar-refractivity contribution in [2.45, 2.75) is 38.8 Å². The van der Waals surface area contributed by atoms with E-state index in [2.05, 4.69) is 20.9 Å². The van der Waals surface area contributed by atoms with E-state index >= 15 is 0 Å². The number of hydrogen-bond donors (Lipinski definition) is 1. The van der Waals surface area contributed by atoms with Gasteiger partial charge >= 0.3 is 5.97 Å². The van der Waals surface area contributed by atoms with Crippen LogP contribution in [0.2, 0.25) is 0 Å². The summed E-state index contributed by atoms with van der Waals surface area (Å²) in [7, 11) is 0. The number of carbonyl (C=O) groups excluding carboxylic acids is 2. The fourth-order valence-electron chi connectivity index (χ4n) is 5.05. The number of aromatic nitrogens is 2. The molecule has 10 heteroatoms. The summed E-state index contributed by atoms with van der Waals surface area (Å²) >= 11 is 0. The van der Waals surface area contributed by atoms with Crippen LogP contribution in [-0.2, 0) is 20.7 Å². The van der Waals surface area contributed by atoms with E-state index in [-0.39, 0.29) is 36.4 Å². The Hall–Kier alpha value is -4.23. The van der Waals surface area contributed by atoms with Crippen LogP contribution >= 0.6 is 0 Å². The number of nitriles is 1. The highest BCUT2D eigenvalue weighted by Gasteiger charge is 2.47. The van der Waals surface area contributed by atoms with Crippen LogP contribution in [0.25, 0.3) is 22.8 Å². The second-order valence-corrected chi connectivity index (χ2v) is 9.07. The smallest absolute Gasteiger partial charge is 0.327 e. The molecule has 2 heterocycles.